The Kier molecular flexibility index (Phi) is 7.04. The molecule has 20 heteroatoms. The van der Waals surface area contributed by atoms with Crippen LogP contribution in [0.4, 0.5) is 14.7 Å². The Hall–Kier alpha value is -4.04. The number of hydrogen-bond acceptors (Lipinski definition) is 13. The molecule has 3 heterocycles. The first kappa shape index (κ1) is 26.6. The minimum absolute atomic E-state index is 0.0621. The van der Waals surface area contributed by atoms with Crippen molar-refractivity contribution in [2.24, 2.45) is 11.0 Å². The minimum Gasteiger partial charge on any atom is -0.478 e. The van der Waals surface area contributed by atoms with Crippen LogP contribution in [0.5, 0.6) is 0 Å². The Labute approximate surface area is 207 Å². The summed E-state index contributed by atoms with van der Waals surface area (Å²) in [6.07, 6.45) is 0. The van der Waals surface area contributed by atoms with Gasteiger partial charge in [-0.2, -0.15) is 8.42 Å². The molecule has 6 amide bonds. The van der Waals surface area contributed by atoms with Crippen molar-refractivity contribution in [3.8, 4) is 0 Å². The van der Waals surface area contributed by atoms with Crippen LogP contribution in [0, 0.1) is 0 Å². The van der Waals surface area contributed by atoms with Crippen LogP contribution in [0.2, 0.25) is 0 Å². The van der Waals surface area contributed by atoms with Gasteiger partial charge >= 0.3 is 28.2 Å². The van der Waals surface area contributed by atoms with Crippen LogP contribution in [0.15, 0.2) is 10.5 Å². The summed E-state index contributed by atoms with van der Waals surface area (Å²) in [6, 6.07) is -3.66. The molecule has 3 rings (SSSR count). The van der Waals surface area contributed by atoms with E-state index in [4.69, 9.17) is 21.5 Å². The molecule has 0 saturated carbocycles. The van der Waals surface area contributed by atoms with E-state index in [2.05, 4.69) is 15.5 Å². The van der Waals surface area contributed by atoms with Gasteiger partial charge in [0.25, 0.3) is 11.8 Å². The largest absolute Gasteiger partial charge is 0.478 e. The maximum atomic E-state index is 12.8. The Bertz CT molecular complexity index is 1260. The van der Waals surface area contributed by atoms with E-state index < -0.39 is 64.0 Å². The molecule has 0 bridgehead atoms. The number of hydrogen-bond donors (Lipinski definition) is 5. The number of carbonyl (C=O) groups is 5. The number of anilines is 1. The van der Waals surface area contributed by atoms with Gasteiger partial charge in [-0.1, -0.05) is 5.16 Å². The lowest BCUT2D eigenvalue weighted by Gasteiger charge is -2.36. The maximum Gasteiger partial charge on any atom is 0.350 e. The smallest absolute Gasteiger partial charge is 0.350 e. The summed E-state index contributed by atoms with van der Waals surface area (Å²) in [5, 5.41) is 17.1. The van der Waals surface area contributed by atoms with Crippen molar-refractivity contribution in [2.75, 3.05) is 25.4 Å². The predicted octanol–water partition coefficient (Wildman–Crippen LogP) is -2.80. The molecular formula is C16H21N9O9S2. The van der Waals surface area contributed by atoms with Gasteiger partial charge in [-0.05, 0) is 13.8 Å². The number of carboxylic acids is 1. The minimum atomic E-state index is -4.62. The standard InChI is InChI=1S/C16H21N9O9S2/c1-16(2,12(28)29)34-21-9(8-6-35-13(17)20-8)10(26)19-7-5-23(11(7)27)14(30)22-36(32,33)25-4-3-24(18)15(25)31/h6-7H,3-5,18H2,1-2H3,(H2,17,20)(H,19,26)(H,22,30)(H,28,29)/b21-9+. The van der Waals surface area contributed by atoms with E-state index in [1.807, 2.05) is 0 Å². The van der Waals surface area contributed by atoms with Crippen LogP contribution < -0.4 is 21.6 Å². The first-order valence-electron chi connectivity index (χ1n) is 9.88. The number of nitrogen functional groups attached to an aromatic ring is 1. The maximum absolute atomic E-state index is 12.8. The van der Waals surface area contributed by atoms with Gasteiger partial charge in [-0.3, -0.25) is 19.5 Å². The third kappa shape index (κ3) is 5.28. The van der Waals surface area contributed by atoms with Gasteiger partial charge in [0.05, 0.1) is 19.6 Å². The molecule has 7 N–H and O–H groups in total. The van der Waals surface area contributed by atoms with Crippen molar-refractivity contribution >= 4 is 62.2 Å². The molecule has 2 aliphatic heterocycles. The number of nitrogens with one attached hydrogen (secondary N) is 2. The van der Waals surface area contributed by atoms with E-state index in [-0.39, 0.29) is 23.9 Å². The first-order valence-corrected chi connectivity index (χ1v) is 12.2. The summed E-state index contributed by atoms with van der Waals surface area (Å²) < 4.78 is 26.4. The molecule has 1 aromatic rings. The highest BCUT2D eigenvalue weighted by atomic mass is 32.2. The molecule has 1 atom stereocenters. The van der Waals surface area contributed by atoms with E-state index >= 15 is 0 Å². The number of imide groups is 1. The number of nitrogens with zero attached hydrogens (tertiary/aromatic N) is 5. The molecule has 0 aliphatic carbocycles. The fourth-order valence-corrected chi connectivity index (χ4v) is 4.34. The molecule has 1 aromatic heterocycles. The Morgan fingerprint density at radius 3 is 2.47 bits per heavy atom. The number of carboxylic acid groups (broad SMARTS) is 1. The van der Waals surface area contributed by atoms with Gasteiger partial charge in [0, 0.05) is 5.38 Å². The third-order valence-corrected chi connectivity index (χ3v) is 6.87. The summed E-state index contributed by atoms with van der Waals surface area (Å²) in [5.41, 5.74) is 3.21. The van der Waals surface area contributed by atoms with Crippen molar-refractivity contribution in [2.45, 2.75) is 25.5 Å². The lowest BCUT2D eigenvalue weighted by molar-refractivity contribution is -0.161. The van der Waals surface area contributed by atoms with E-state index in [0.29, 0.717) is 14.2 Å². The molecule has 36 heavy (non-hydrogen) atoms. The number of thiazole rings is 1. The highest BCUT2D eigenvalue weighted by molar-refractivity contribution is 7.88. The van der Waals surface area contributed by atoms with E-state index in [1.54, 1.807) is 4.72 Å². The number of likely N-dealkylation sites (tertiary alicyclic amines) is 1. The third-order valence-electron chi connectivity index (χ3n) is 4.85. The van der Waals surface area contributed by atoms with Gasteiger partial charge in [0.15, 0.2) is 10.8 Å². The van der Waals surface area contributed by atoms with Crippen molar-refractivity contribution in [3.63, 3.8) is 0 Å². The zero-order valence-corrected chi connectivity index (χ0v) is 20.3. The molecule has 0 spiro atoms. The van der Waals surface area contributed by atoms with Gasteiger partial charge in [-0.25, -0.2) is 34.2 Å². The zero-order valence-electron chi connectivity index (χ0n) is 18.7. The average Bonchev–Trinajstić information content (AvgIpc) is 3.35. The second kappa shape index (κ2) is 9.54. The van der Waals surface area contributed by atoms with Crippen molar-refractivity contribution in [3.05, 3.63) is 11.1 Å². The fourth-order valence-electron chi connectivity index (χ4n) is 2.72. The summed E-state index contributed by atoms with van der Waals surface area (Å²) in [7, 11) is -4.62. The highest BCUT2D eigenvalue weighted by Crippen LogP contribution is 2.17. The quantitative estimate of drug-likeness (QED) is 0.0727. The molecule has 2 aliphatic rings. The van der Waals surface area contributed by atoms with Crippen molar-refractivity contribution < 1.29 is 42.3 Å². The van der Waals surface area contributed by atoms with Crippen LogP contribution in [-0.4, -0.2) is 99.6 Å². The normalized spacial score (nSPS) is 18.7. The van der Waals surface area contributed by atoms with E-state index in [9.17, 15) is 32.4 Å². The van der Waals surface area contributed by atoms with E-state index in [0.717, 1.165) is 11.3 Å². The number of aliphatic carboxylic acids is 1. The van der Waals surface area contributed by atoms with Gasteiger partial charge in [0.2, 0.25) is 5.60 Å². The molecule has 0 radical (unpaired) electrons. The number of hydrazine groups is 1. The number of amides is 6. The van der Waals surface area contributed by atoms with Crippen LogP contribution in [0.3, 0.4) is 0 Å². The van der Waals surface area contributed by atoms with Crippen molar-refractivity contribution in [1.82, 2.24) is 29.2 Å². The summed E-state index contributed by atoms with van der Waals surface area (Å²) in [6.45, 7) is 1.56. The molecule has 1 unspecified atom stereocenters. The van der Waals surface area contributed by atoms with Crippen LogP contribution in [0.25, 0.3) is 0 Å². The number of carbonyl (C=O) groups excluding carboxylic acids is 4. The zero-order chi connectivity index (χ0) is 27.0. The molecular weight excluding hydrogens is 526 g/mol. The Balaban J connectivity index is 1.66. The number of β-lactam (4-membered cyclic amide) rings is 1. The summed E-state index contributed by atoms with van der Waals surface area (Å²) >= 11 is 0.959. The number of urea groups is 2. The first-order chi connectivity index (χ1) is 16.6. The second-order valence-electron chi connectivity index (χ2n) is 7.85. The molecule has 196 valence electrons. The van der Waals surface area contributed by atoms with E-state index in [1.165, 1.54) is 19.2 Å². The lowest BCUT2D eigenvalue weighted by Crippen LogP contribution is -2.68. The SMILES string of the molecule is CC(C)(O/N=C(/C(=O)NC1CN(C(=O)NS(=O)(=O)N2CCN(N)C2=O)C1=O)c1csc(N)n1)C(=O)O. The molecule has 2 fully saturated rings. The Morgan fingerprint density at radius 2 is 1.97 bits per heavy atom. The Morgan fingerprint density at radius 1 is 1.31 bits per heavy atom. The lowest BCUT2D eigenvalue weighted by atomic mass is 10.1. The number of rotatable bonds is 8. The predicted molar refractivity (Wildman–Crippen MR) is 120 cm³/mol. The average molecular weight is 548 g/mol. The number of aromatic nitrogens is 1. The fraction of sp³-hybridized carbons (Fsp3) is 0.438. The molecule has 18 nitrogen and oxygen atoms in total. The van der Waals surface area contributed by atoms with Crippen LogP contribution in [-0.2, 0) is 29.4 Å². The van der Waals surface area contributed by atoms with Gasteiger partial charge in [-0.15, -0.1) is 11.3 Å². The summed E-state index contributed by atoms with van der Waals surface area (Å²) in [5.74, 6) is 1.97. The number of oxime groups is 1. The monoisotopic (exact) mass is 547 g/mol. The van der Waals surface area contributed by atoms with Gasteiger partial charge in [0.1, 0.15) is 11.7 Å². The summed E-state index contributed by atoms with van der Waals surface area (Å²) in [4.78, 5) is 69.8. The highest BCUT2D eigenvalue weighted by Gasteiger charge is 2.45. The molecule has 2 saturated heterocycles. The number of nitrogens with two attached hydrogens (primary N) is 2. The van der Waals surface area contributed by atoms with Crippen molar-refractivity contribution in [1.29, 1.82) is 0 Å². The topological polar surface area (TPSA) is 260 Å². The van der Waals surface area contributed by atoms with Crippen LogP contribution in [0.1, 0.15) is 19.5 Å². The molecule has 0 aromatic carbocycles. The van der Waals surface area contributed by atoms with Crippen LogP contribution >= 0.6 is 11.3 Å². The second-order valence-corrected chi connectivity index (χ2v) is 10.3. The van der Waals surface area contributed by atoms with Gasteiger partial charge < -0.3 is 21.0 Å².